The molecular weight excluding hydrogens is 528 g/mol. The van der Waals surface area contributed by atoms with Crippen LogP contribution in [0.2, 0.25) is 0 Å². The molecule has 0 spiro atoms. The number of benzene rings is 2. The highest BCUT2D eigenvalue weighted by molar-refractivity contribution is 7.07. The summed E-state index contributed by atoms with van der Waals surface area (Å²) in [6, 6.07) is 12.0. The number of carbonyl (C=O) groups is 2. The van der Waals surface area contributed by atoms with E-state index in [2.05, 4.69) is 0 Å². The van der Waals surface area contributed by atoms with E-state index >= 15 is 0 Å². The van der Waals surface area contributed by atoms with Crippen LogP contribution in [-0.4, -0.2) is 55.1 Å². The summed E-state index contributed by atoms with van der Waals surface area (Å²) in [4.78, 5) is 50.5. The van der Waals surface area contributed by atoms with Gasteiger partial charge in [0.15, 0.2) is 4.80 Å². The lowest BCUT2D eigenvalue weighted by molar-refractivity contribution is -0.127. The van der Waals surface area contributed by atoms with Gasteiger partial charge >= 0.3 is 0 Å². The van der Waals surface area contributed by atoms with Crippen LogP contribution in [0.5, 0.6) is 11.5 Å². The van der Waals surface area contributed by atoms with Crippen LogP contribution in [0.25, 0.3) is 5.57 Å². The number of rotatable bonds is 7. The van der Waals surface area contributed by atoms with Crippen LogP contribution < -0.4 is 29.3 Å². The zero-order valence-corrected chi connectivity index (χ0v) is 24.3. The Bertz CT molecular complexity index is 1730. The average Bonchev–Trinajstić information content (AvgIpc) is 3.43. The minimum atomic E-state index is -0.835. The van der Waals surface area contributed by atoms with Gasteiger partial charge in [0, 0.05) is 30.8 Å². The number of anilines is 1. The lowest BCUT2D eigenvalue weighted by atomic mass is 9.93. The van der Waals surface area contributed by atoms with E-state index in [0.29, 0.717) is 68.4 Å². The summed E-state index contributed by atoms with van der Waals surface area (Å²) in [5.41, 5.74) is 2.95. The van der Waals surface area contributed by atoms with Gasteiger partial charge < -0.3 is 19.3 Å². The molecule has 0 saturated heterocycles. The number of para-hydroxylation sites is 1. The number of hydrogen-bond acceptors (Lipinski definition) is 7. The number of methoxy groups -OCH3 is 2. The van der Waals surface area contributed by atoms with Crippen LogP contribution in [0.4, 0.5) is 5.69 Å². The van der Waals surface area contributed by atoms with Gasteiger partial charge in [-0.15, -0.1) is 0 Å². The summed E-state index contributed by atoms with van der Waals surface area (Å²) < 4.78 is 13.0. The van der Waals surface area contributed by atoms with E-state index in [-0.39, 0.29) is 17.4 Å². The summed E-state index contributed by atoms with van der Waals surface area (Å²) in [6.07, 6.45) is 0. The summed E-state index contributed by atoms with van der Waals surface area (Å²) in [5.74, 6) is 0.629. The van der Waals surface area contributed by atoms with Crippen LogP contribution in [0.1, 0.15) is 44.9 Å². The number of thiazole rings is 1. The van der Waals surface area contributed by atoms with Crippen molar-refractivity contribution in [2.45, 2.75) is 33.7 Å². The van der Waals surface area contributed by atoms with E-state index < -0.39 is 6.04 Å². The van der Waals surface area contributed by atoms with Gasteiger partial charge in [0.05, 0.1) is 36.8 Å². The molecule has 9 nitrogen and oxygen atoms in total. The van der Waals surface area contributed by atoms with Crippen molar-refractivity contribution in [1.29, 1.82) is 0 Å². The Morgan fingerprint density at radius 2 is 1.77 bits per heavy atom. The standard InChI is InChI=1S/C30H32N4O5S/c1-7-32(8-2)27(35)23-17(4)31-30-34(25(23)20-16-18(38-5)14-15-22(20)39-6)29(37)26(40-30)24-19-12-10-11-13-21(19)33(9-3)28(24)36/h10-16,25H,7-9H2,1-6H3/b26-24-/t25-/m0/s1. The van der Waals surface area contributed by atoms with Crippen molar-refractivity contribution < 1.29 is 19.1 Å². The molecule has 40 heavy (non-hydrogen) atoms. The summed E-state index contributed by atoms with van der Waals surface area (Å²) >= 11 is 1.17. The molecule has 10 heteroatoms. The molecule has 1 atom stereocenters. The number of carbonyl (C=O) groups excluding carboxylic acids is 2. The maximum Gasteiger partial charge on any atom is 0.271 e. The molecule has 2 aromatic carbocycles. The van der Waals surface area contributed by atoms with E-state index in [1.807, 2.05) is 45.0 Å². The molecular formula is C30H32N4O5S. The fraction of sp³-hybridized carbons (Fsp3) is 0.333. The molecule has 0 bridgehead atoms. The predicted molar refractivity (Wildman–Crippen MR) is 155 cm³/mol. The molecule has 3 heterocycles. The second-order valence-electron chi connectivity index (χ2n) is 9.43. The minimum absolute atomic E-state index is 0.210. The van der Waals surface area contributed by atoms with E-state index in [1.165, 1.54) is 15.9 Å². The third-order valence-corrected chi connectivity index (χ3v) is 8.53. The van der Waals surface area contributed by atoms with Crippen LogP contribution in [0.3, 0.4) is 0 Å². The fourth-order valence-corrected chi connectivity index (χ4v) is 6.62. The van der Waals surface area contributed by atoms with Gasteiger partial charge in [0.1, 0.15) is 22.1 Å². The molecule has 0 N–H and O–H groups in total. The minimum Gasteiger partial charge on any atom is -0.497 e. The number of ether oxygens (including phenoxy) is 2. The van der Waals surface area contributed by atoms with Crippen molar-refractivity contribution in [2.75, 3.05) is 38.8 Å². The van der Waals surface area contributed by atoms with Crippen LogP contribution >= 0.6 is 11.3 Å². The Balaban J connectivity index is 1.87. The molecule has 2 aliphatic heterocycles. The first kappa shape index (κ1) is 27.4. The lowest BCUT2D eigenvalue weighted by Gasteiger charge is -2.30. The Labute approximate surface area is 236 Å². The summed E-state index contributed by atoms with van der Waals surface area (Å²) in [7, 11) is 3.11. The first-order valence-corrected chi connectivity index (χ1v) is 14.1. The Kier molecular flexibility index (Phi) is 7.37. The third-order valence-electron chi connectivity index (χ3n) is 7.48. The van der Waals surface area contributed by atoms with Crippen molar-refractivity contribution in [3.05, 3.63) is 84.5 Å². The van der Waals surface area contributed by atoms with Crippen molar-refractivity contribution in [3.63, 3.8) is 0 Å². The second kappa shape index (κ2) is 10.8. The lowest BCUT2D eigenvalue weighted by Crippen LogP contribution is -2.43. The number of amides is 2. The maximum absolute atomic E-state index is 14.4. The van der Waals surface area contributed by atoms with Crippen LogP contribution in [0, 0.1) is 0 Å². The first-order chi connectivity index (χ1) is 19.3. The van der Waals surface area contributed by atoms with Gasteiger partial charge in [-0.25, -0.2) is 4.99 Å². The molecule has 0 fully saturated rings. The monoisotopic (exact) mass is 560 g/mol. The quantitative estimate of drug-likeness (QED) is 0.443. The van der Waals surface area contributed by atoms with Gasteiger partial charge in [-0.2, -0.15) is 0 Å². The number of allylic oxidation sites excluding steroid dienone is 1. The highest BCUT2D eigenvalue weighted by Crippen LogP contribution is 2.39. The number of nitrogens with zero attached hydrogens (tertiary/aromatic N) is 4. The molecule has 0 aliphatic carbocycles. The largest absolute Gasteiger partial charge is 0.497 e. The number of fused-ring (bicyclic) bond motifs is 2. The van der Waals surface area contributed by atoms with E-state index in [4.69, 9.17) is 14.5 Å². The number of likely N-dealkylation sites (N-methyl/N-ethyl adjacent to an activating group) is 2. The molecule has 3 aromatic rings. The highest BCUT2D eigenvalue weighted by Gasteiger charge is 2.38. The van der Waals surface area contributed by atoms with Crippen molar-refractivity contribution in [2.24, 2.45) is 4.99 Å². The summed E-state index contributed by atoms with van der Waals surface area (Å²) in [6.45, 7) is 8.99. The Morgan fingerprint density at radius 1 is 1.05 bits per heavy atom. The fourth-order valence-electron chi connectivity index (χ4n) is 5.49. The number of aromatic nitrogens is 1. The van der Waals surface area contributed by atoms with Gasteiger partial charge in [-0.1, -0.05) is 29.5 Å². The zero-order valence-electron chi connectivity index (χ0n) is 23.5. The van der Waals surface area contributed by atoms with Crippen molar-refractivity contribution in [1.82, 2.24) is 9.47 Å². The second-order valence-corrected chi connectivity index (χ2v) is 10.4. The van der Waals surface area contributed by atoms with Crippen molar-refractivity contribution in [3.8, 4) is 11.5 Å². The molecule has 2 aliphatic rings. The molecule has 1 aromatic heterocycles. The third kappa shape index (κ3) is 4.14. The molecule has 0 saturated carbocycles. The predicted octanol–water partition coefficient (Wildman–Crippen LogP) is 2.86. The van der Waals surface area contributed by atoms with E-state index in [9.17, 15) is 14.4 Å². The normalized spacial score (nSPS) is 17.4. The Morgan fingerprint density at radius 3 is 2.42 bits per heavy atom. The van der Waals surface area contributed by atoms with E-state index in [0.717, 1.165) is 5.69 Å². The SMILES string of the molecule is CCN(CC)C(=O)C1=C(C)N=c2s/c(=C3\C(=O)N(CC)c4ccccc43)c(=O)n2[C@H]1c1cc(OC)ccc1OC. The van der Waals surface area contributed by atoms with Crippen LogP contribution in [-0.2, 0) is 9.59 Å². The molecule has 2 amide bonds. The van der Waals surface area contributed by atoms with Crippen molar-refractivity contribution >= 4 is 34.4 Å². The van der Waals surface area contributed by atoms with Gasteiger partial charge in [-0.05, 0) is 52.0 Å². The van der Waals surface area contributed by atoms with Gasteiger partial charge in [-0.3, -0.25) is 19.0 Å². The smallest absolute Gasteiger partial charge is 0.271 e. The maximum atomic E-state index is 14.4. The summed E-state index contributed by atoms with van der Waals surface area (Å²) in [5, 5.41) is 0. The molecule has 208 valence electrons. The number of hydrogen-bond donors (Lipinski definition) is 0. The van der Waals surface area contributed by atoms with E-state index in [1.54, 1.807) is 49.1 Å². The van der Waals surface area contributed by atoms with Crippen LogP contribution in [0.15, 0.2) is 63.5 Å². The topological polar surface area (TPSA) is 93.4 Å². The highest BCUT2D eigenvalue weighted by atomic mass is 32.1. The average molecular weight is 561 g/mol. The molecule has 5 rings (SSSR count). The zero-order chi connectivity index (χ0) is 28.7. The van der Waals surface area contributed by atoms with Gasteiger partial charge in [0.25, 0.3) is 17.4 Å². The molecule has 0 radical (unpaired) electrons. The molecule has 0 unspecified atom stereocenters. The van der Waals surface area contributed by atoms with Gasteiger partial charge in [0.2, 0.25) is 0 Å². The first-order valence-electron chi connectivity index (χ1n) is 13.3. The Hall–Kier alpha value is -4.18.